The van der Waals surface area contributed by atoms with Crippen molar-refractivity contribution in [3.8, 4) is 5.88 Å². The summed E-state index contributed by atoms with van der Waals surface area (Å²) in [5, 5.41) is 7.04. The minimum atomic E-state index is -0.535. The number of anilines is 1. The molecule has 1 aliphatic rings. The van der Waals surface area contributed by atoms with Crippen molar-refractivity contribution in [3.05, 3.63) is 35.4 Å². The predicted octanol–water partition coefficient (Wildman–Crippen LogP) is 2.33. The lowest BCUT2D eigenvalue weighted by Crippen LogP contribution is -2.28. The largest absolute Gasteiger partial charge is 0.473 e. The number of fused-ring (bicyclic) bond motifs is 1. The van der Waals surface area contributed by atoms with Crippen LogP contribution >= 0.6 is 11.3 Å². The Bertz CT molecular complexity index is 973. The third-order valence-electron chi connectivity index (χ3n) is 4.49. The number of amides is 1. The minimum Gasteiger partial charge on any atom is -0.473 e. The van der Waals surface area contributed by atoms with Crippen LogP contribution in [0.2, 0.25) is 0 Å². The number of halogens is 1. The Morgan fingerprint density at radius 3 is 3.11 bits per heavy atom. The van der Waals surface area contributed by atoms with Crippen molar-refractivity contribution in [2.24, 2.45) is 0 Å². The van der Waals surface area contributed by atoms with E-state index in [0.29, 0.717) is 23.8 Å². The number of hydrogen-bond donors (Lipinski definition) is 1. The highest BCUT2D eigenvalue weighted by atomic mass is 32.1. The van der Waals surface area contributed by atoms with Gasteiger partial charge < -0.3 is 10.1 Å². The van der Waals surface area contributed by atoms with Crippen LogP contribution in [-0.4, -0.2) is 49.1 Å². The molecule has 27 heavy (non-hydrogen) atoms. The molecule has 1 saturated heterocycles. The molecule has 2 unspecified atom stereocenters. The van der Waals surface area contributed by atoms with Crippen LogP contribution in [0.4, 0.5) is 9.52 Å². The highest BCUT2D eigenvalue weighted by Crippen LogP contribution is 2.28. The molecule has 1 fully saturated rings. The van der Waals surface area contributed by atoms with Crippen molar-refractivity contribution >= 4 is 28.0 Å². The Labute approximate surface area is 159 Å². The van der Waals surface area contributed by atoms with Gasteiger partial charge in [-0.05, 0) is 6.92 Å². The van der Waals surface area contributed by atoms with Gasteiger partial charge in [-0.3, -0.25) is 9.69 Å². The smallest absolute Gasteiger partial charge is 0.230 e. The molecular weight excluding hydrogens is 371 g/mol. The van der Waals surface area contributed by atoms with Crippen LogP contribution in [0.3, 0.4) is 0 Å². The maximum Gasteiger partial charge on any atom is 0.230 e. The summed E-state index contributed by atoms with van der Waals surface area (Å²) in [6.45, 7) is 4.56. The number of rotatable bonds is 5. The molecule has 1 aliphatic heterocycles. The van der Waals surface area contributed by atoms with Crippen molar-refractivity contribution in [1.29, 1.82) is 0 Å². The molecule has 3 aromatic heterocycles. The zero-order valence-corrected chi connectivity index (χ0v) is 15.7. The Hall–Kier alpha value is -2.59. The van der Waals surface area contributed by atoms with Crippen molar-refractivity contribution in [2.45, 2.75) is 39.0 Å². The molecule has 0 radical (unpaired) electrons. The first-order valence-electron chi connectivity index (χ1n) is 8.62. The second kappa shape index (κ2) is 7.20. The monoisotopic (exact) mass is 390 g/mol. The van der Waals surface area contributed by atoms with Crippen molar-refractivity contribution in [1.82, 2.24) is 24.5 Å². The zero-order chi connectivity index (χ0) is 19.0. The van der Waals surface area contributed by atoms with E-state index in [-0.39, 0.29) is 23.2 Å². The van der Waals surface area contributed by atoms with E-state index >= 15 is 0 Å². The molecule has 4 heterocycles. The molecule has 0 aromatic carbocycles. The summed E-state index contributed by atoms with van der Waals surface area (Å²) in [5.74, 6) is -0.158. The summed E-state index contributed by atoms with van der Waals surface area (Å²) in [5.41, 5.74) is 0.729. The highest BCUT2D eigenvalue weighted by molar-refractivity contribution is 7.15. The van der Waals surface area contributed by atoms with Crippen LogP contribution < -0.4 is 10.1 Å². The third kappa shape index (κ3) is 3.76. The fraction of sp³-hybridized carbons (Fsp3) is 0.412. The number of aromatic nitrogens is 4. The van der Waals surface area contributed by atoms with Gasteiger partial charge in [0.15, 0.2) is 10.8 Å². The second-order valence-corrected chi connectivity index (χ2v) is 7.64. The third-order valence-corrected chi connectivity index (χ3v) is 5.42. The molecule has 0 saturated carbocycles. The molecule has 4 rings (SSSR count). The molecule has 0 bridgehead atoms. The summed E-state index contributed by atoms with van der Waals surface area (Å²) in [6, 6.07) is 3.83. The lowest BCUT2D eigenvalue weighted by molar-refractivity contribution is -0.114. The van der Waals surface area contributed by atoms with Gasteiger partial charge in [-0.15, -0.1) is 0 Å². The van der Waals surface area contributed by atoms with E-state index in [2.05, 4.69) is 32.2 Å². The summed E-state index contributed by atoms with van der Waals surface area (Å²) in [6.07, 6.45) is 4.17. The summed E-state index contributed by atoms with van der Waals surface area (Å²) < 4.78 is 21.9. The molecule has 8 nitrogen and oxygen atoms in total. The van der Waals surface area contributed by atoms with Crippen LogP contribution in [0.15, 0.2) is 24.5 Å². The van der Waals surface area contributed by atoms with E-state index in [0.717, 1.165) is 23.4 Å². The summed E-state index contributed by atoms with van der Waals surface area (Å²) in [7, 11) is 0. The van der Waals surface area contributed by atoms with Gasteiger partial charge in [0.2, 0.25) is 17.7 Å². The first kappa shape index (κ1) is 17.8. The zero-order valence-electron chi connectivity index (χ0n) is 14.9. The van der Waals surface area contributed by atoms with Gasteiger partial charge in [-0.1, -0.05) is 11.3 Å². The minimum absolute atomic E-state index is 0.0272. The number of nitrogens with zero attached hydrogens (tertiary/aromatic N) is 5. The fourth-order valence-electron chi connectivity index (χ4n) is 3.24. The molecule has 1 N–H and O–H groups in total. The van der Waals surface area contributed by atoms with E-state index < -0.39 is 5.95 Å². The quantitative estimate of drug-likeness (QED) is 0.720. The van der Waals surface area contributed by atoms with Gasteiger partial charge in [-0.25, -0.2) is 4.98 Å². The van der Waals surface area contributed by atoms with Crippen LogP contribution in [0, 0.1) is 5.95 Å². The fourth-order valence-corrected chi connectivity index (χ4v) is 4.16. The standard InChI is InChI=1S/C17H19FN6O2S/c1-10-7-12(26-15-4-5-19-14-3-6-20-24(14)15)8-23(10)9-13-16(18)22-17(27-13)21-11(2)25/h3-6,10,12H,7-9H2,1-2H3,(H,21,22,25). The van der Waals surface area contributed by atoms with Gasteiger partial charge in [0.25, 0.3) is 0 Å². The molecule has 0 aliphatic carbocycles. The number of hydrogen-bond acceptors (Lipinski definition) is 7. The summed E-state index contributed by atoms with van der Waals surface area (Å²) in [4.78, 5) is 21.8. The average Bonchev–Trinajstić information content (AvgIpc) is 3.29. The van der Waals surface area contributed by atoms with Crippen LogP contribution in [-0.2, 0) is 11.3 Å². The maximum absolute atomic E-state index is 14.1. The molecule has 3 aromatic rings. The maximum atomic E-state index is 14.1. The first-order chi connectivity index (χ1) is 13.0. The molecule has 0 spiro atoms. The van der Waals surface area contributed by atoms with E-state index in [1.165, 1.54) is 6.92 Å². The first-order valence-corrected chi connectivity index (χ1v) is 9.43. The highest BCUT2D eigenvalue weighted by Gasteiger charge is 2.32. The average molecular weight is 390 g/mol. The molecule has 2 atom stereocenters. The number of carbonyl (C=O) groups excluding carboxylic acids is 1. The number of nitrogens with one attached hydrogen (secondary N) is 1. The second-order valence-electron chi connectivity index (χ2n) is 6.55. The van der Waals surface area contributed by atoms with Crippen LogP contribution in [0.5, 0.6) is 5.88 Å². The normalized spacial score (nSPS) is 20.3. The van der Waals surface area contributed by atoms with Gasteiger partial charge in [-0.2, -0.15) is 19.0 Å². The van der Waals surface area contributed by atoms with Crippen molar-refractivity contribution in [3.63, 3.8) is 0 Å². The summed E-state index contributed by atoms with van der Waals surface area (Å²) >= 11 is 1.16. The number of carbonyl (C=O) groups is 1. The number of ether oxygens (including phenoxy) is 1. The van der Waals surface area contributed by atoms with Gasteiger partial charge in [0.1, 0.15) is 6.10 Å². The Morgan fingerprint density at radius 1 is 1.44 bits per heavy atom. The SMILES string of the molecule is CC(=O)Nc1nc(F)c(CN2CC(Oc3ccnc4ccnn34)CC2C)s1. The van der Waals surface area contributed by atoms with E-state index in [1.807, 2.05) is 6.07 Å². The molecule has 10 heteroatoms. The Balaban J connectivity index is 1.43. The van der Waals surface area contributed by atoms with Gasteiger partial charge in [0.05, 0.1) is 11.1 Å². The molecule has 142 valence electrons. The van der Waals surface area contributed by atoms with Crippen molar-refractivity contribution in [2.75, 3.05) is 11.9 Å². The van der Waals surface area contributed by atoms with E-state index in [1.54, 1.807) is 23.0 Å². The van der Waals surface area contributed by atoms with Crippen molar-refractivity contribution < 1.29 is 13.9 Å². The molecule has 1 amide bonds. The number of thiazole rings is 1. The van der Waals surface area contributed by atoms with Crippen LogP contribution in [0.1, 0.15) is 25.1 Å². The topological polar surface area (TPSA) is 84.7 Å². The number of likely N-dealkylation sites (tertiary alicyclic amines) is 1. The molecular formula is C17H19FN6O2S. The van der Waals surface area contributed by atoms with E-state index in [9.17, 15) is 9.18 Å². The lowest BCUT2D eigenvalue weighted by atomic mass is 10.2. The van der Waals surface area contributed by atoms with Gasteiger partial charge >= 0.3 is 0 Å². The van der Waals surface area contributed by atoms with Crippen LogP contribution in [0.25, 0.3) is 5.65 Å². The predicted molar refractivity (Wildman–Crippen MR) is 98.3 cm³/mol. The Kier molecular flexibility index (Phi) is 4.75. The lowest BCUT2D eigenvalue weighted by Gasteiger charge is -2.19. The van der Waals surface area contributed by atoms with Gasteiger partial charge in [0, 0.05) is 50.8 Å². The van der Waals surface area contributed by atoms with E-state index in [4.69, 9.17) is 4.74 Å². The Morgan fingerprint density at radius 2 is 2.30 bits per heavy atom.